The van der Waals surface area contributed by atoms with Crippen molar-refractivity contribution >= 4 is 17.3 Å². The summed E-state index contributed by atoms with van der Waals surface area (Å²) < 4.78 is 1.83. The molecule has 0 saturated carbocycles. The van der Waals surface area contributed by atoms with Crippen LogP contribution >= 0.6 is 11.8 Å². The van der Waals surface area contributed by atoms with Crippen LogP contribution in [0, 0.1) is 25.2 Å². The van der Waals surface area contributed by atoms with E-state index in [0.29, 0.717) is 5.56 Å². The van der Waals surface area contributed by atoms with Crippen LogP contribution in [0.5, 0.6) is 0 Å². The van der Waals surface area contributed by atoms with Crippen LogP contribution in [0.1, 0.15) is 16.8 Å². The van der Waals surface area contributed by atoms with Crippen LogP contribution in [-0.4, -0.2) is 15.9 Å². The summed E-state index contributed by atoms with van der Waals surface area (Å²) in [4.78, 5) is 0. The predicted octanol–water partition coefficient (Wildman–Crippen LogP) is 2.54. The molecule has 3 nitrogen and oxygen atoms in total. The van der Waals surface area contributed by atoms with E-state index in [9.17, 15) is 0 Å². The van der Waals surface area contributed by atoms with Crippen molar-refractivity contribution in [2.24, 2.45) is 0 Å². The Hall–Kier alpha value is -1.47. The van der Waals surface area contributed by atoms with Gasteiger partial charge in [-0.05, 0) is 37.8 Å². The Kier molecular flexibility index (Phi) is 2.41. The van der Waals surface area contributed by atoms with Crippen LogP contribution in [0.25, 0.3) is 5.52 Å². The lowest BCUT2D eigenvalue weighted by Gasteiger charge is -2.00. The van der Waals surface area contributed by atoms with E-state index >= 15 is 0 Å². The van der Waals surface area contributed by atoms with Crippen LogP contribution in [0.3, 0.4) is 0 Å². The molecule has 76 valence electrons. The number of hydrogen-bond donors (Lipinski definition) is 0. The van der Waals surface area contributed by atoms with Gasteiger partial charge in [-0.15, -0.1) is 11.8 Å². The number of nitriles is 1. The molecule has 15 heavy (non-hydrogen) atoms. The molecule has 0 aliphatic rings. The fourth-order valence-electron chi connectivity index (χ4n) is 1.71. The highest BCUT2D eigenvalue weighted by molar-refractivity contribution is 7.98. The summed E-state index contributed by atoms with van der Waals surface area (Å²) in [5.41, 5.74) is 3.79. The number of fused-ring (bicyclic) bond motifs is 1. The summed E-state index contributed by atoms with van der Waals surface area (Å²) in [5.74, 6) is 0. The highest BCUT2D eigenvalue weighted by Gasteiger charge is 2.12. The molecule has 0 aliphatic carbocycles. The largest absolute Gasteiger partial charge is 0.236 e. The molecule has 0 amide bonds. The molecule has 0 aliphatic heterocycles. The van der Waals surface area contributed by atoms with Gasteiger partial charge in [-0.3, -0.25) is 0 Å². The van der Waals surface area contributed by atoms with E-state index in [-0.39, 0.29) is 0 Å². The first kappa shape index (κ1) is 10.1. The van der Waals surface area contributed by atoms with Crippen molar-refractivity contribution < 1.29 is 0 Å². The smallest absolute Gasteiger partial charge is 0.137 e. The molecule has 0 radical (unpaired) electrons. The van der Waals surface area contributed by atoms with Gasteiger partial charge in [0.1, 0.15) is 16.7 Å². The maximum absolute atomic E-state index is 9.10. The second-order valence-corrected chi connectivity index (χ2v) is 4.26. The number of nitrogens with zero attached hydrogens (tertiary/aromatic N) is 3. The van der Waals surface area contributed by atoms with Crippen molar-refractivity contribution in [3.8, 4) is 6.07 Å². The van der Waals surface area contributed by atoms with Gasteiger partial charge < -0.3 is 0 Å². The Balaban J connectivity index is 2.90. The maximum atomic E-state index is 9.10. The molecular weight excluding hydrogens is 206 g/mol. The van der Waals surface area contributed by atoms with E-state index < -0.39 is 0 Å². The lowest BCUT2D eigenvalue weighted by atomic mass is 10.2. The first-order valence-corrected chi connectivity index (χ1v) is 5.84. The second-order valence-electron chi connectivity index (χ2n) is 3.47. The van der Waals surface area contributed by atoms with Crippen LogP contribution in [-0.2, 0) is 0 Å². The zero-order chi connectivity index (χ0) is 11.0. The Morgan fingerprint density at radius 3 is 2.73 bits per heavy atom. The third-order valence-corrected chi connectivity index (χ3v) is 3.00. The molecule has 2 aromatic rings. The number of thioether (sulfide) groups is 1. The first-order valence-electron chi connectivity index (χ1n) is 4.61. The van der Waals surface area contributed by atoms with Gasteiger partial charge >= 0.3 is 0 Å². The number of hydrogen-bond acceptors (Lipinski definition) is 3. The zero-order valence-corrected chi connectivity index (χ0v) is 9.72. The van der Waals surface area contributed by atoms with E-state index in [0.717, 1.165) is 21.8 Å². The molecule has 0 bridgehead atoms. The SMILES string of the molecule is CSc1nn2c(C)cc(C)cc2c1C#N. The highest BCUT2D eigenvalue weighted by Crippen LogP contribution is 2.24. The summed E-state index contributed by atoms with van der Waals surface area (Å²) in [6, 6.07) is 6.28. The molecule has 0 unspecified atom stereocenters. The minimum Gasteiger partial charge on any atom is -0.236 e. The van der Waals surface area contributed by atoms with Crippen molar-refractivity contribution in [3.63, 3.8) is 0 Å². The zero-order valence-electron chi connectivity index (χ0n) is 8.90. The summed E-state index contributed by atoms with van der Waals surface area (Å²) in [6.45, 7) is 4.03. The number of rotatable bonds is 1. The normalized spacial score (nSPS) is 10.5. The minimum atomic E-state index is 0.675. The highest BCUT2D eigenvalue weighted by atomic mass is 32.2. The monoisotopic (exact) mass is 217 g/mol. The molecular formula is C11H11N3S. The maximum Gasteiger partial charge on any atom is 0.137 e. The van der Waals surface area contributed by atoms with Gasteiger partial charge in [-0.25, -0.2) is 4.52 Å². The molecule has 0 aromatic carbocycles. The van der Waals surface area contributed by atoms with Gasteiger partial charge in [0, 0.05) is 5.69 Å². The van der Waals surface area contributed by atoms with Gasteiger partial charge in [0.05, 0.1) is 5.52 Å². The van der Waals surface area contributed by atoms with Gasteiger partial charge in [0.2, 0.25) is 0 Å². The minimum absolute atomic E-state index is 0.675. The van der Waals surface area contributed by atoms with Crippen LogP contribution < -0.4 is 0 Å². The Labute approximate surface area is 92.7 Å². The molecule has 0 spiro atoms. The fourth-order valence-corrected chi connectivity index (χ4v) is 2.23. The number of pyridine rings is 1. The van der Waals surface area contributed by atoms with Crippen LogP contribution in [0.2, 0.25) is 0 Å². The predicted molar refractivity (Wildman–Crippen MR) is 61.2 cm³/mol. The topological polar surface area (TPSA) is 41.1 Å². The van der Waals surface area contributed by atoms with Crippen molar-refractivity contribution in [2.75, 3.05) is 6.26 Å². The van der Waals surface area contributed by atoms with E-state index in [1.54, 1.807) is 0 Å². The molecule has 2 rings (SSSR count). The van der Waals surface area contributed by atoms with Crippen LogP contribution in [0.4, 0.5) is 0 Å². The van der Waals surface area contributed by atoms with E-state index in [4.69, 9.17) is 5.26 Å². The summed E-state index contributed by atoms with van der Waals surface area (Å²) in [5, 5.41) is 14.3. The van der Waals surface area contributed by atoms with Crippen molar-refractivity contribution in [1.29, 1.82) is 5.26 Å². The van der Waals surface area contributed by atoms with Gasteiger partial charge in [-0.2, -0.15) is 10.4 Å². The van der Waals surface area contributed by atoms with Crippen molar-refractivity contribution in [1.82, 2.24) is 9.61 Å². The first-order chi connectivity index (χ1) is 7.17. The fraction of sp³-hybridized carbons (Fsp3) is 0.273. The molecule has 0 saturated heterocycles. The Morgan fingerprint density at radius 1 is 1.40 bits per heavy atom. The second kappa shape index (κ2) is 3.59. The Bertz CT molecular complexity index is 563. The molecule has 4 heteroatoms. The average Bonchev–Trinajstić information content (AvgIpc) is 2.55. The third kappa shape index (κ3) is 1.49. The quantitative estimate of drug-likeness (QED) is 0.689. The molecule has 2 aromatic heterocycles. The summed E-state index contributed by atoms with van der Waals surface area (Å²) >= 11 is 1.51. The van der Waals surface area contributed by atoms with E-state index in [2.05, 4.69) is 17.2 Å². The van der Waals surface area contributed by atoms with Crippen molar-refractivity contribution in [3.05, 3.63) is 29.0 Å². The number of aromatic nitrogens is 2. The molecule has 0 atom stereocenters. The molecule has 2 heterocycles. The summed E-state index contributed by atoms with van der Waals surface area (Å²) in [6.07, 6.45) is 1.94. The van der Waals surface area contributed by atoms with E-state index in [1.165, 1.54) is 11.8 Å². The Morgan fingerprint density at radius 2 is 2.13 bits per heavy atom. The van der Waals surface area contributed by atoms with Gasteiger partial charge in [0.15, 0.2) is 0 Å². The summed E-state index contributed by atoms with van der Waals surface area (Å²) in [7, 11) is 0. The van der Waals surface area contributed by atoms with E-state index in [1.807, 2.05) is 30.7 Å². The average molecular weight is 217 g/mol. The molecule has 0 fully saturated rings. The van der Waals surface area contributed by atoms with Crippen LogP contribution in [0.15, 0.2) is 17.2 Å². The number of aryl methyl sites for hydroxylation is 2. The van der Waals surface area contributed by atoms with Crippen molar-refractivity contribution in [2.45, 2.75) is 18.9 Å². The lowest BCUT2D eigenvalue weighted by molar-refractivity contribution is 0.864. The molecule has 0 N–H and O–H groups in total. The van der Waals surface area contributed by atoms with Gasteiger partial charge in [0.25, 0.3) is 0 Å². The third-order valence-electron chi connectivity index (χ3n) is 2.33. The van der Waals surface area contributed by atoms with Gasteiger partial charge in [-0.1, -0.05) is 0 Å². The standard InChI is InChI=1S/C11H11N3S/c1-7-4-8(2)14-10(5-7)9(6-12)11(13-14)15-3/h4-5H,1-3H3. The lowest BCUT2D eigenvalue weighted by Crippen LogP contribution is -1.93.